The number of carbonyl (C=O) groups excluding carboxylic acids is 1. The molecule has 0 aliphatic heterocycles. The summed E-state index contributed by atoms with van der Waals surface area (Å²) < 4.78 is 6.12. The fourth-order valence-electron chi connectivity index (χ4n) is 0.794. The Labute approximate surface area is 76.2 Å². The summed E-state index contributed by atoms with van der Waals surface area (Å²) in [6.07, 6.45) is 4.03. The van der Waals surface area contributed by atoms with Gasteiger partial charge in [-0.15, -0.1) is 0 Å². The standard InChI is InChI=1S/C8H12N2O3/c1-3-12-8(11)7(2)13-10-5-4-9-6-10/h4-7H,3H2,1-2H3. The second-order valence-electron chi connectivity index (χ2n) is 2.42. The van der Waals surface area contributed by atoms with Crippen LogP contribution in [0.15, 0.2) is 18.7 Å². The lowest BCUT2D eigenvalue weighted by molar-refractivity contribution is -0.155. The van der Waals surface area contributed by atoms with Crippen LogP contribution >= 0.6 is 0 Å². The van der Waals surface area contributed by atoms with E-state index in [0.717, 1.165) is 0 Å². The molecule has 0 N–H and O–H groups in total. The fourth-order valence-corrected chi connectivity index (χ4v) is 0.794. The second-order valence-corrected chi connectivity index (χ2v) is 2.42. The predicted octanol–water partition coefficient (Wildman–Crippen LogP) is 0.263. The molecule has 0 radical (unpaired) electrons. The van der Waals surface area contributed by atoms with Gasteiger partial charge in [0.2, 0.25) is 6.10 Å². The van der Waals surface area contributed by atoms with Gasteiger partial charge in [0, 0.05) is 6.20 Å². The molecule has 0 saturated carbocycles. The smallest absolute Gasteiger partial charge is 0.349 e. The lowest BCUT2D eigenvalue weighted by Gasteiger charge is -2.12. The molecule has 0 amide bonds. The molecule has 0 aliphatic carbocycles. The summed E-state index contributed by atoms with van der Waals surface area (Å²) in [5, 5.41) is 0. The number of rotatable bonds is 4. The normalized spacial score (nSPS) is 12.2. The van der Waals surface area contributed by atoms with Gasteiger partial charge in [-0.1, -0.05) is 0 Å². The van der Waals surface area contributed by atoms with E-state index < -0.39 is 6.10 Å². The van der Waals surface area contributed by atoms with E-state index in [1.807, 2.05) is 0 Å². The maximum Gasteiger partial charge on any atom is 0.349 e. The summed E-state index contributed by atoms with van der Waals surface area (Å²) in [6, 6.07) is 0. The molecule has 0 saturated heterocycles. The number of imidazole rings is 1. The van der Waals surface area contributed by atoms with E-state index >= 15 is 0 Å². The molecule has 0 spiro atoms. The average molecular weight is 184 g/mol. The molecule has 1 rings (SSSR count). The first-order valence-electron chi connectivity index (χ1n) is 4.05. The molecule has 0 aromatic carbocycles. The van der Waals surface area contributed by atoms with Gasteiger partial charge in [0.15, 0.2) is 0 Å². The first-order valence-corrected chi connectivity index (χ1v) is 4.05. The third-order valence-electron chi connectivity index (χ3n) is 1.38. The fraction of sp³-hybridized carbons (Fsp3) is 0.500. The molecule has 5 heteroatoms. The van der Waals surface area contributed by atoms with Crippen LogP contribution in [0, 0.1) is 0 Å². The molecule has 1 unspecified atom stereocenters. The first kappa shape index (κ1) is 9.57. The number of carbonyl (C=O) groups is 1. The number of aromatic nitrogens is 2. The summed E-state index contributed by atoms with van der Waals surface area (Å²) in [5.74, 6) is -0.379. The topological polar surface area (TPSA) is 53.4 Å². The van der Waals surface area contributed by atoms with Crippen molar-refractivity contribution in [2.45, 2.75) is 20.0 Å². The molecule has 1 heterocycles. The summed E-state index contributed by atoms with van der Waals surface area (Å²) in [5.41, 5.74) is 0. The lowest BCUT2D eigenvalue weighted by atomic mass is 10.4. The van der Waals surface area contributed by atoms with Crippen LogP contribution in [-0.2, 0) is 9.53 Å². The van der Waals surface area contributed by atoms with E-state index in [-0.39, 0.29) is 5.97 Å². The van der Waals surface area contributed by atoms with Crippen molar-refractivity contribution in [2.24, 2.45) is 0 Å². The van der Waals surface area contributed by atoms with Crippen LogP contribution in [-0.4, -0.2) is 28.4 Å². The van der Waals surface area contributed by atoms with Crippen molar-refractivity contribution in [2.75, 3.05) is 6.61 Å². The highest BCUT2D eigenvalue weighted by atomic mass is 16.7. The third-order valence-corrected chi connectivity index (χ3v) is 1.38. The van der Waals surface area contributed by atoms with Gasteiger partial charge in [-0.2, -0.15) is 4.73 Å². The highest BCUT2D eigenvalue weighted by Crippen LogP contribution is 1.92. The Morgan fingerprint density at radius 3 is 3.00 bits per heavy atom. The Bertz CT molecular complexity index is 258. The molecule has 1 atom stereocenters. The minimum atomic E-state index is -0.617. The van der Waals surface area contributed by atoms with E-state index in [4.69, 9.17) is 9.57 Å². The predicted molar refractivity (Wildman–Crippen MR) is 44.9 cm³/mol. The van der Waals surface area contributed by atoms with E-state index in [1.54, 1.807) is 26.2 Å². The summed E-state index contributed by atoms with van der Waals surface area (Å²) in [7, 11) is 0. The largest absolute Gasteiger partial charge is 0.463 e. The van der Waals surface area contributed by atoms with Crippen LogP contribution in [0.25, 0.3) is 0 Å². The monoisotopic (exact) mass is 184 g/mol. The molecule has 0 fully saturated rings. The summed E-state index contributed by atoms with van der Waals surface area (Å²) in [4.78, 5) is 20.0. The van der Waals surface area contributed by atoms with E-state index in [1.165, 1.54) is 11.1 Å². The molecule has 72 valence electrons. The van der Waals surface area contributed by atoms with E-state index in [2.05, 4.69) is 4.98 Å². The van der Waals surface area contributed by atoms with Gasteiger partial charge in [-0.05, 0) is 13.8 Å². The van der Waals surface area contributed by atoms with Gasteiger partial charge in [0.1, 0.15) is 6.33 Å². The Morgan fingerprint density at radius 2 is 2.46 bits per heavy atom. The van der Waals surface area contributed by atoms with E-state index in [9.17, 15) is 4.79 Å². The number of ether oxygens (including phenoxy) is 1. The molecule has 0 bridgehead atoms. The van der Waals surface area contributed by atoms with Crippen molar-refractivity contribution < 1.29 is 14.4 Å². The van der Waals surface area contributed by atoms with Crippen LogP contribution in [0.5, 0.6) is 0 Å². The average Bonchev–Trinajstić information content (AvgIpc) is 2.57. The zero-order chi connectivity index (χ0) is 9.68. The van der Waals surface area contributed by atoms with Crippen LogP contribution in [0.4, 0.5) is 0 Å². The molecule has 0 aliphatic rings. The molecule has 1 aromatic rings. The molecule has 13 heavy (non-hydrogen) atoms. The van der Waals surface area contributed by atoms with Gasteiger partial charge in [0.05, 0.1) is 12.8 Å². The Kier molecular flexibility index (Phi) is 3.31. The maximum absolute atomic E-state index is 11.1. The first-order chi connectivity index (χ1) is 6.24. The minimum absolute atomic E-state index is 0.358. The van der Waals surface area contributed by atoms with Gasteiger partial charge >= 0.3 is 5.97 Å². The Hall–Kier alpha value is -1.52. The van der Waals surface area contributed by atoms with Gasteiger partial charge in [0.25, 0.3) is 0 Å². The minimum Gasteiger partial charge on any atom is -0.463 e. The number of hydrogen-bond donors (Lipinski definition) is 0. The number of esters is 1. The lowest BCUT2D eigenvalue weighted by Crippen LogP contribution is -2.31. The highest BCUT2D eigenvalue weighted by molar-refractivity contribution is 5.74. The SMILES string of the molecule is CCOC(=O)C(C)On1ccnc1. The van der Waals surface area contributed by atoms with Crippen molar-refractivity contribution in [3.63, 3.8) is 0 Å². The van der Waals surface area contributed by atoms with Crippen LogP contribution in [0.1, 0.15) is 13.8 Å². The molecular formula is C8H12N2O3. The summed E-state index contributed by atoms with van der Waals surface area (Å²) >= 11 is 0. The van der Waals surface area contributed by atoms with Gasteiger partial charge in [-0.25, -0.2) is 9.78 Å². The van der Waals surface area contributed by atoms with Crippen molar-refractivity contribution >= 4 is 5.97 Å². The van der Waals surface area contributed by atoms with Crippen molar-refractivity contribution in [1.82, 2.24) is 9.71 Å². The Balaban J connectivity index is 2.41. The molecule has 5 nitrogen and oxygen atoms in total. The maximum atomic E-state index is 11.1. The van der Waals surface area contributed by atoms with Gasteiger partial charge in [-0.3, -0.25) is 0 Å². The zero-order valence-corrected chi connectivity index (χ0v) is 7.64. The van der Waals surface area contributed by atoms with Gasteiger partial charge < -0.3 is 9.57 Å². The summed E-state index contributed by atoms with van der Waals surface area (Å²) in [6.45, 7) is 3.73. The highest BCUT2D eigenvalue weighted by Gasteiger charge is 2.15. The Morgan fingerprint density at radius 1 is 1.69 bits per heavy atom. The van der Waals surface area contributed by atoms with Crippen molar-refractivity contribution in [3.05, 3.63) is 18.7 Å². The zero-order valence-electron chi connectivity index (χ0n) is 7.64. The van der Waals surface area contributed by atoms with E-state index in [0.29, 0.717) is 6.61 Å². The van der Waals surface area contributed by atoms with Crippen molar-refractivity contribution in [3.8, 4) is 0 Å². The number of nitrogens with zero attached hydrogens (tertiary/aromatic N) is 2. The third kappa shape index (κ3) is 2.77. The second kappa shape index (κ2) is 4.49. The van der Waals surface area contributed by atoms with Crippen LogP contribution < -0.4 is 4.84 Å². The number of hydrogen-bond acceptors (Lipinski definition) is 4. The van der Waals surface area contributed by atoms with Crippen molar-refractivity contribution in [1.29, 1.82) is 0 Å². The quantitative estimate of drug-likeness (QED) is 0.630. The van der Waals surface area contributed by atoms with Crippen LogP contribution in [0.3, 0.4) is 0 Å². The van der Waals surface area contributed by atoms with Crippen LogP contribution in [0.2, 0.25) is 0 Å². The molecular weight excluding hydrogens is 172 g/mol. The molecule has 1 aromatic heterocycles.